The van der Waals surface area contributed by atoms with Gasteiger partial charge in [0.2, 0.25) is 0 Å². The van der Waals surface area contributed by atoms with Gasteiger partial charge in [0.1, 0.15) is 4.32 Å². The van der Waals surface area contributed by atoms with E-state index in [1.165, 1.54) is 17.4 Å². The van der Waals surface area contributed by atoms with Crippen LogP contribution >= 0.6 is 24.0 Å². The second-order valence-corrected chi connectivity index (χ2v) is 9.25. The number of likely N-dealkylation sites (N-methyl/N-ethyl adjacent to an activating group) is 1. The summed E-state index contributed by atoms with van der Waals surface area (Å²) in [6, 6.07) is 14.6. The zero-order chi connectivity index (χ0) is 20.7. The lowest BCUT2D eigenvalue weighted by atomic mass is 10.1. The highest BCUT2D eigenvalue weighted by atomic mass is 32.2. The number of thioether (sulfide) groups is 1. The van der Waals surface area contributed by atoms with Crippen molar-refractivity contribution >= 4 is 56.9 Å². The number of nitrogens with zero attached hydrogens (tertiary/aromatic N) is 4. The fourth-order valence-electron chi connectivity index (χ4n) is 3.77. The molecule has 2 fully saturated rings. The third kappa shape index (κ3) is 3.74. The maximum atomic E-state index is 12.0. The Kier molecular flexibility index (Phi) is 5.06. The van der Waals surface area contributed by atoms with E-state index in [1.54, 1.807) is 0 Å². The minimum absolute atomic E-state index is 0.141. The highest BCUT2D eigenvalue weighted by molar-refractivity contribution is 8.26. The molecule has 2 aliphatic heterocycles. The van der Waals surface area contributed by atoms with E-state index in [9.17, 15) is 4.79 Å². The second kappa shape index (κ2) is 7.86. The van der Waals surface area contributed by atoms with Gasteiger partial charge in [-0.25, -0.2) is 4.68 Å². The van der Waals surface area contributed by atoms with Gasteiger partial charge >= 0.3 is 0 Å². The van der Waals surface area contributed by atoms with E-state index in [1.807, 2.05) is 29.1 Å². The molecule has 152 valence electrons. The van der Waals surface area contributed by atoms with Gasteiger partial charge in [-0.1, -0.05) is 36.1 Å². The number of carbonyl (C=O) groups is 1. The molecule has 1 amide bonds. The smallest absolute Gasteiger partial charge is 0.263 e. The Hall–Kier alpha value is -2.68. The van der Waals surface area contributed by atoms with Crippen molar-refractivity contribution in [3.63, 3.8) is 0 Å². The van der Waals surface area contributed by atoms with Gasteiger partial charge in [-0.15, -0.1) is 0 Å². The predicted octanol–water partition coefficient (Wildman–Crippen LogP) is 3.27. The molecule has 2 aliphatic rings. The number of rotatable bonds is 3. The van der Waals surface area contributed by atoms with Gasteiger partial charge in [0.05, 0.1) is 22.3 Å². The minimum atomic E-state index is -0.141. The minimum Gasteiger partial charge on any atom is -0.369 e. The van der Waals surface area contributed by atoms with Crippen molar-refractivity contribution in [3.05, 3.63) is 59.1 Å². The number of hydrogen-bond donors (Lipinski definition) is 1. The number of hydrogen-bond acceptors (Lipinski definition) is 6. The molecule has 3 aromatic rings. The van der Waals surface area contributed by atoms with Crippen LogP contribution in [0.3, 0.4) is 0 Å². The molecule has 1 N–H and O–H groups in total. The lowest BCUT2D eigenvalue weighted by Crippen LogP contribution is -2.44. The van der Waals surface area contributed by atoms with E-state index < -0.39 is 0 Å². The number of piperazine rings is 1. The maximum absolute atomic E-state index is 12.0. The van der Waals surface area contributed by atoms with Gasteiger partial charge in [-0.3, -0.25) is 4.79 Å². The van der Waals surface area contributed by atoms with Crippen molar-refractivity contribution in [2.45, 2.75) is 0 Å². The molecule has 0 unspecified atom stereocenters. The van der Waals surface area contributed by atoms with E-state index in [4.69, 9.17) is 12.2 Å². The Balaban J connectivity index is 1.44. The van der Waals surface area contributed by atoms with Gasteiger partial charge in [0.15, 0.2) is 0 Å². The van der Waals surface area contributed by atoms with Crippen LogP contribution in [0, 0.1) is 0 Å². The summed E-state index contributed by atoms with van der Waals surface area (Å²) in [5.74, 6) is -0.141. The first-order chi connectivity index (χ1) is 14.6. The lowest BCUT2D eigenvalue weighted by Gasteiger charge is -2.34. The Morgan fingerprint density at radius 3 is 2.50 bits per heavy atom. The summed E-state index contributed by atoms with van der Waals surface area (Å²) in [6.07, 6.45) is 3.74. The Labute approximate surface area is 184 Å². The first kappa shape index (κ1) is 19.3. The monoisotopic (exact) mass is 435 g/mol. The molecule has 8 heteroatoms. The second-order valence-electron chi connectivity index (χ2n) is 7.53. The lowest BCUT2D eigenvalue weighted by molar-refractivity contribution is -0.115. The van der Waals surface area contributed by atoms with Crippen molar-refractivity contribution in [2.75, 3.05) is 38.1 Å². The van der Waals surface area contributed by atoms with E-state index in [0.29, 0.717) is 9.23 Å². The van der Waals surface area contributed by atoms with Crippen LogP contribution in [0.25, 0.3) is 22.7 Å². The first-order valence-electron chi connectivity index (χ1n) is 9.83. The fraction of sp³-hybridized carbons (Fsp3) is 0.227. The van der Waals surface area contributed by atoms with Gasteiger partial charge in [-0.2, -0.15) is 5.10 Å². The first-order valence-corrected chi connectivity index (χ1v) is 11.1. The molecule has 0 atom stereocenters. The van der Waals surface area contributed by atoms with E-state index in [0.717, 1.165) is 48.3 Å². The molecule has 1 aromatic heterocycles. The molecule has 3 heterocycles. The number of amides is 1. The van der Waals surface area contributed by atoms with Crippen molar-refractivity contribution in [1.29, 1.82) is 0 Å². The van der Waals surface area contributed by atoms with Crippen LogP contribution in [0.4, 0.5) is 5.69 Å². The topological polar surface area (TPSA) is 53.4 Å². The molecule has 2 aromatic carbocycles. The summed E-state index contributed by atoms with van der Waals surface area (Å²) in [5, 5.41) is 8.30. The van der Waals surface area contributed by atoms with Crippen molar-refractivity contribution in [3.8, 4) is 5.69 Å². The van der Waals surface area contributed by atoms with Gasteiger partial charge in [0, 0.05) is 37.3 Å². The number of carbonyl (C=O) groups excluding carboxylic acids is 1. The number of thiocarbonyl (C=S) groups is 1. The molecule has 6 nitrogen and oxygen atoms in total. The highest BCUT2D eigenvalue weighted by Crippen LogP contribution is 2.28. The zero-order valence-electron chi connectivity index (χ0n) is 16.5. The Morgan fingerprint density at radius 1 is 1.07 bits per heavy atom. The molecular formula is C22H21N5OS2. The normalized spacial score (nSPS) is 19.1. The van der Waals surface area contributed by atoms with Crippen LogP contribution < -0.4 is 10.2 Å². The molecular weight excluding hydrogens is 414 g/mol. The van der Waals surface area contributed by atoms with E-state index in [-0.39, 0.29) is 5.91 Å². The number of nitrogens with one attached hydrogen (secondary N) is 1. The average molecular weight is 436 g/mol. The average Bonchev–Trinajstić information content (AvgIpc) is 3.31. The van der Waals surface area contributed by atoms with Crippen LogP contribution in [0.1, 0.15) is 5.56 Å². The quantitative estimate of drug-likeness (QED) is 0.503. The van der Waals surface area contributed by atoms with Crippen molar-refractivity contribution in [1.82, 2.24) is 20.0 Å². The number of anilines is 1. The third-order valence-corrected chi connectivity index (χ3v) is 6.66. The Morgan fingerprint density at radius 2 is 1.80 bits per heavy atom. The predicted molar refractivity (Wildman–Crippen MR) is 127 cm³/mol. The van der Waals surface area contributed by atoms with Crippen LogP contribution in [-0.2, 0) is 4.79 Å². The molecule has 5 rings (SSSR count). The van der Waals surface area contributed by atoms with E-state index in [2.05, 4.69) is 57.6 Å². The van der Waals surface area contributed by atoms with Crippen molar-refractivity contribution < 1.29 is 4.79 Å². The molecule has 0 saturated carbocycles. The summed E-state index contributed by atoms with van der Waals surface area (Å²) < 4.78 is 2.44. The summed E-state index contributed by atoms with van der Waals surface area (Å²) in [5.41, 5.74) is 4.21. The van der Waals surface area contributed by atoms with Gasteiger partial charge < -0.3 is 15.1 Å². The Bertz CT molecular complexity index is 1160. The number of aromatic nitrogens is 2. The van der Waals surface area contributed by atoms with E-state index >= 15 is 0 Å². The summed E-state index contributed by atoms with van der Waals surface area (Å²) in [7, 11) is 2.17. The molecule has 0 spiro atoms. The number of benzene rings is 2. The molecule has 30 heavy (non-hydrogen) atoms. The molecule has 0 radical (unpaired) electrons. The summed E-state index contributed by atoms with van der Waals surface area (Å²) in [4.78, 5) is 17.3. The van der Waals surface area contributed by atoms with Crippen LogP contribution in [0.15, 0.2) is 53.6 Å². The fourth-order valence-corrected chi connectivity index (χ4v) is 4.82. The largest absolute Gasteiger partial charge is 0.369 e. The molecule has 0 bridgehead atoms. The van der Waals surface area contributed by atoms with Crippen molar-refractivity contribution in [2.24, 2.45) is 0 Å². The molecule has 2 saturated heterocycles. The molecule has 0 aliphatic carbocycles. The summed E-state index contributed by atoms with van der Waals surface area (Å²) in [6.45, 7) is 4.27. The third-order valence-electron chi connectivity index (χ3n) is 5.50. The van der Waals surface area contributed by atoms with Crippen LogP contribution in [-0.4, -0.2) is 58.1 Å². The number of fused-ring (bicyclic) bond motifs is 1. The van der Waals surface area contributed by atoms with Crippen LogP contribution in [0.5, 0.6) is 0 Å². The standard InChI is InChI=1S/C22H21N5OS2/c1-25-8-10-26(11-9-25)17-4-6-18(7-5-17)27-19-12-15(2-3-16(19)14-23-27)13-20-21(28)24-22(29)30-20/h2-7,12-14H,8-11H2,1H3,(H,24,28,29). The highest BCUT2D eigenvalue weighted by Gasteiger charge is 2.22. The zero-order valence-corrected chi connectivity index (χ0v) is 18.2. The van der Waals surface area contributed by atoms with Crippen LogP contribution in [0.2, 0.25) is 0 Å². The van der Waals surface area contributed by atoms with Gasteiger partial charge in [0.25, 0.3) is 5.91 Å². The SMILES string of the molecule is CN1CCN(c2ccc(-n3ncc4ccc(C=C5SC(=S)NC5=O)cc43)cc2)CC1. The summed E-state index contributed by atoms with van der Waals surface area (Å²) >= 11 is 6.36. The van der Waals surface area contributed by atoms with Gasteiger partial charge in [-0.05, 0) is 49.0 Å². The maximum Gasteiger partial charge on any atom is 0.263 e.